The number of carbonyl (C=O) groups is 2. The maximum absolute atomic E-state index is 12.0. The third-order valence-electron chi connectivity index (χ3n) is 3.27. The Morgan fingerprint density at radius 3 is 2.57 bits per heavy atom. The average Bonchev–Trinajstić information content (AvgIpc) is 2.46. The third kappa shape index (κ3) is 5.10. The number of anilines is 1. The predicted molar refractivity (Wildman–Crippen MR) is 85.5 cm³/mol. The van der Waals surface area contributed by atoms with Gasteiger partial charge in [0.05, 0.1) is 0 Å². The summed E-state index contributed by atoms with van der Waals surface area (Å²) in [5.74, 6) is -0.174. The van der Waals surface area contributed by atoms with E-state index in [9.17, 15) is 9.59 Å². The summed E-state index contributed by atoms with van der Waals surface area (Å²) < 4.78 is 0. The van der Waals surface area contributed by atoms with Crippen LogP contribution in [0.3, 0.4) is 0 Å². The zero-order valence-corrected chi connectivity index (χ0v) is 13.2. The van der Waals surface area contributed by atoms with Crippen LogP contribution in [0.4, 0.5) is 10.5 Å². The topological polar surface area (TPSA) is 70.2 Å². The normalized spacial score (nSPS) is 11.6. The molecule has 0 aliphatic heterocycles. The summed E-state index contributed by atoms with van der Waals surface area (Å²) >= 11 is 0. The first-order valence-corrected chi connectivity index (χ1v) is 7.43. The molecule has 21 heavy (non-hydrogen) atoms. The molecule has 116 valence electrons. The van der Waals surface area contributed by atoms with Crippen molar-refractivity contribution in [1.29, 1.82) is 0 Å². The summed E-state index contributed by atoms with van der Waals surface area (Å²) in [5.41, 5.74) is 2.90. The van der Waals surface area contributed by atoms with Gasteiger partial charge in [-0.15, -0.1) is 0 Å². The van der Waals surface area contributed by atoms with E-state index in [2.05, 4.69) is 16.0 Å². The summed E-state index contributed by atoms with van der Waals surface area (Å²) in [6.07, 6.45) is 1.71. The number of aryl methyl sites for hydroxylation is 2. The van der Waals surface area contributed by atoms with Crippen molar-refractivity contribution in [2.75, 3.05) is 11.9 Å². The molecule has 0 saturated carbocycles. The van der Waals surface area contributed by atoms with Crippen LogP contribution in [0.15, 0.2) is 18.2 Å². The van der Waals surface area contributed by atoms with Crippen LogP contribution in [0.25, 0.3) is 0 Å². The van der Waals surface area contributed by atoms with Crippen LogP contribution in [0.2, 0.25) is 0 Å². The molecule has 1 aromatic carbocycles. The summed E-state index contributed by atoms with van der Waals surface area (Å²) in [6, 6.07) is 4.98. The lowest BCUT2D eigenvalue weighted by Gasteiger charge is -2.17. The number of urea groups is 1. The molecule has 0 radical (unpaired) electrons. The van der Waals surface area contributed by atoms with Crippen molar-refractivity contribution in [1.82, 2.24) is 10.6 Å². The maximum atomic E-state index is 12.0. The fourth-order valence-corrected chi connectivity index (χ4v) is 2.02. The largest absolute Gasteiger partial charge is 0.354 e. The van der Waals surface area contributed by atoms with Crippen molar-refractivity contribution in [2.45, 2.75) is 46.6 Å². The van der Waals surface area contributed by atoms with E-state index in [0.29, 0.717) is 6.54 Å². The van der Waals surface area contributed by atoms with Gasteiger partial charge >= 0.3 is 6.03 Å². The third-order valence-corrected chi connectivity index (χ3v) is 3.27. The maximum Gasteiger partial charge on any atom is 0.319 e. The molecule has 0 aromatic heterocycles. The highest BCUT2D eigenvalue weighted by Gasteiger charge is 2.16. The van der Waals surface area contributed by atoms with E-state index in [4.69, 9.17) is 0 Å². The number of amides is 3. The number of nitrogens with one attached hydrogen (secondary N) is 3. The SMILES string of the molecule is CCCNC(=O)C(C)NC(=O)Nc1c(C)cccc1CC. The van der Waals surface area contributed by atoms with Crippen LogP contribution in [0.1, 0.15) is 38.3 Å². The quantitative estimate of drug-likeness (QED) is 0.754. The molecule has 1 rings (SSSR count). The van der Waals surface area contributed by atoms with Gasteiger partial charge in [-0.1, -0.05) is 32.0 Å². The number of hydrogen-bond acceptors (Lipinski definition) is 2. The van der Waals surface area contributed by atoms with E-state index in [1.165, 1.54) is 0 Å². The first-order valence-electron chi connectivity index (χ1n) is 7.43. The Balaban J connectivity index is 2.64. The molecule has 5 heteroatoms. The van der Waals surface area contributed by atoms with Gasteiger partial charge in [0.1, 0.15) is 6.04 Å². The fourth-order valence-electron chi connectivity index (χ4n) is 2.02. The fraction of sp³-hybridized carbons (Fsp3) is 0.500. The van der Waals surface area contributed by atoms with E-state index < -0.39 is 6.04 Å². The zero-order chi connectivity index (χ0) is 15.8. The Morgan fingerprint density at radius 1 is 1.24 bits per heavy atom. The summed E-state index contributed by atoms with van der Waals surface area (Å²) in [5, 5.41) is 8.25. The van der Waals surface area contributed by atoms with Crippen molar-refractivity contribution in [3.63, 3.8) is 0 Å². The first-order chi connectivity index (χ1) is 9.99. The summed E-state index contributed by atoms with van der Waals surface area (Å²) in [7, 11) is 0. The lowest BCUT2D eigenvalue weighted by atomic mass is 10.1. The minimum absolute atomic E-state index is 0.174. The van der Waals surface area contributed by atoms with E-state index in [1.54, 1.807) is 6.92 Å². The molecule has 1 aromatic rings. The predicted octanol–water partition coefficient (Wildman–Crippen LogP) is 2.59. The molecular weight excluding hydrogens is 266 g/mol. The molecule has 1 unspecified atom stereocenters. The minimum Gasteiger partial charge on any atom is -0.354 e. The van der Waals surface area contributed by atoms with E-state index >= 15 is 0 Å². The first kappa shape index (κ1) is 17.0. The van der Waals surface area contributed by atoms with Crippen molar-refractivity contribution < 1.29 is 9.59 Å². The number of rotatable bonds is 6. The molecule has 1 atom stereocenters. The van der Waals surface area contributed by atoms with E-state index in [0.717, 1.165) is 29.7 Å². The van der Waals surface area contributed by atoms with Gasteiger partial charge in [-0.3, -0.25) is 4.79 Å². The second-order valence-corrected chi connectivity index (χ2v) is 5.07. The number of hydrogen-bond donors (Lipinski definition) is 3. The molecule has 3 amide bonds. The van der Waals surface area contributed by atoms with Crippen molar-refractivity contribution in [3.05, 3.63) is 29.3 Å². The molecule has 0 spiro atoms. The molecule has 0 heterocycles. The molecule has 0 bridgehead atoms. The Hall–Kier alpha value is -2.04. The highest BCUT2D eigenvalue weighted by Crippen LogP contribution is 2.20. The number of benzene rings is 1. The van der Waals surface area contributed by atoms with Gasteiger partial charge in [0.15, 0.2) is 0 Å². The van der Waals surface area contributed by atoms with Crippen LogP contribution in [-0.2, 0) is 11.2 Å². The summed E-state index contributed by atoms with van der Waals surface area (Å²) in [6.45, 7) is 8.26. The number of carbonyl (C=O) groups excluding carboxylic acids is 2. The zero-order valence-electron chi connectivity index (χ0n) is 13.2. The molecule has 0 saturated heterocycles. The van der Waals surface area contributed by atoms with Gasteiger partial charge in [0.2, 0.25) is 5.91 Å². The lowest BCUT2D eigenvalue weighted by Crippen LogP contribution is -2.46. The molecule has 0 fully saturated rings. The van der Waals surface area contributed by atoms with Gasteiger partial charge in [0.25, 0.3) is 0 Å². The highest BCUT2D eigenvalue weighted by atomic mass is 16.2. The van der Waals surface area contributed by atoms with Gasteiger partial charge < -0.3 is 16.0 Å². The molecule has 5 nitrogen and oxygen atoms in total. The van der Waals surface area contributed by atoms with Crippen LogP contribution in [0, 0.1) is 6.92 Å². The van der Waals surface area contributed by atoms with Crippen molar-refractivity contribution in [3.8, 4) is 0 Å². The van der Waals surface area contributed by atoms with Crippen LogP contribution in [-0.4, -0.2) is 24.5 Å². The van der Waals surface area contributed by atoms with Gasteiger partial charge in [-0.05, 0) is 37.8 Å². The van der Waals surface area contributed by atoms with E-state index in [-0.39, 0.29) is 11.9 Å². The molecular formula is C16H25N3O2. The molecule has 0 aliphatic rings. The second-order valence-electron chi connectivity index (χ2n) is 5.07. The Morgan fingerprint density at radius 2 is 1.95 bits per heavy atom. The van der Waals surface area contributed by atoms with Gasteiger partial charge in [-0.25, -0.2) is 4.79 Å². The number of para-hydroxylation sites is 1. The van der Waals surface area contributed by atoms with Gasteiger partial charge in [-0.2, -0.15) is 0 Å². The Bertz CT molecular complexity index is 500. The van der Waals surface area contributed by atoms with Crippen LogP contribution >= 0.6 is 0 Å². The molecule has 0 aliphatic carbocycles. The van der Waals surface area contributed by atoms with Crippen molar-refractivity contribution >= 4 is 17.6 Å². The van der Waals surface area contributed by atoms with Gasteiger partial charge in [0, 0.05) is 12.2 Å². The Kier molecular flexibility index (Phi) is 6.72. The highest BCUT2D eigenvalue weighted by molar-refractivity contribution is 5.94. The second kappa shape index (κ2) is 8.29. The lowest BCUT2D eigenvalue weighted by molar-refractivity contribution is -0.122. The average molecular weight is 291 g/mol. The Labute approximate surface area is 126 Å². The van der Waals surface area contributed by atoms with Crippen LogP contribution in [0.5, 0.6) is 0 Å². The smallest absolute Gasteiger partial charge is 0.319 e. The standard InChI is InChI=1S/C16H25N3O2/c1-5-10-17-15(20)12(4)18-16(21)19-14-11(3)8-7-9-13(14)6-2/h7-9,12H,5-6,10H2,1-4H3,(H,17,20)(H2,18,19,21). The molecule has 3 N–H and O–H groups in total. The van der Waals surface area contributed by atoms with E-state index in [1.807, 2.05) is 39.0 Å². The van der Waals surface area contributed by atoms with Crippen LogP contribution < -0.4 is 16.0 Å². The monoisotopic (exact) mass is 291 g/mol. The minimum atomic E-state index is -0.564. The van der Waals surface area contributed by atoms with Crippen molar-refractivity contribution in [2.24, 2.45) is 0 Å². The summed E-state index contributed by atoms with van der Waals surface area (Å²) in [4.78, 5) is 23.7.